The van der Waals surface area contributed by atoms with E-state index >= 15 is 0 Å². The molecule has 2 amide bonds. The van der Waals surface area contributed by atoms with Crippen LogP contribution in [0.25, 0.3) is 0 Å². The number of carbonyl (C=O) groups excluding carboxylic acids is 1. The van der Waals surface area contributed by atoms with E-state index in [1.165, 1.54) is 23.9 Å². The predicted octanol–water partition coefficient (Wildman–Crippen LogP) is 2.43. The van der Waals surface area contributed by atoms with Gasteiger partial charge in [-0.25, -0.2) is 9.18 Å². The Morgan fingerprint density at radius 3 is 2.81 bits per heavy atom. The first-order valence-electron chi connectivity index (χ1n) is 6.51. The lowest BCUT2D eigenvalue weighted by Gasteiger charge is -2.22. The van der Waals surface area contributed by atoms with E-state index in [4.69, 9.17) is 11.6 Å². The number of amides is 2. The number of rotatable bonds is 7. The van der Waals surface area contributed by atoms with E-state index in [2.05, 4.69) is 10.6 Å². The minimum atomic E-state index is -0.953. The molecule has 1 aromatic carbocycles. The van der Waals surface area contributed by atoms with Crippen molar-refractivity contribution in [2.75, 3.05) is 25.1 Å². The van der Waals surface area contributed by atoms with Crippen LogP contribution in [0.15, 0.2) is 18.2 Å². The third kappa shape index (κ3) is 6.54. The molecular formula is C14H20ClFN2O2S. The lowest BCUT2D eigenvalue weighted by molar-refractivity contribution is 0.0869. The molecule has 0 radical (unpaired) electrons. The largest absolute Gasteiger partial charge is 0.387 e. The van der Waals surface area contributed by atoms with Gasteiger partial charge in [0.15, 0.2) is 0 Å². The third-order valence-electron chi connectivity index (χ3n) is 2.81. The van der Waals surface area contributed by atoms with Gasteiger partial charge < -0.3 is 15.7 Å². The Morgan fingerprint density at radius 2 is 2.19 bits per heavy atom. The molecule has 118 valence electrons. The Morgan fingerprint density at radius 1 is 1.48 bits per heavy atom. The molecule has 0 bridgehead atoms. The van der Waals surface area contributed by atoms with Gasteiger partial charge >= 0.3 is 6.03 Å². The van der Waals surface area contributed by atoms with Crippen molar-refractivity contribution in [3.8, 4) is 0 Å². The SMILES string of the molecule is CSC[C@](C)(O)CNC(=O)NCCc1c(F)cccc1Cl. The third-order valence-corrected chi connectivity index (χ3v) is 4.07. The van der Waals surface area contributed by atoms with Crippen LogP contribution >= 0.6 is 23.4 Å². The normalized spacial score (nSPS) is 13.6. The van der Waals surface area contributed by atoms with E-state index in [-0.39, 0.29) is 18.9 Å². The molecule has 0 fully saturated rings. The maximum Gasteiger partial charge on any atom is 0.314 e. The second kappa shape index (κ2) is 8.46. The monoisotopic (exact) mass is 334 g/mol. The van der Waals surface area contributed by atoms with Gasteiger partial charge in [0.05, 0.1) is 5.60 Å². The van der Waals surface area contributed by atoms with Crippen molar-refractivity contribution in [3.63, 3.8) is 0 Å². The highest BCUT2D eigenvalue weighted by Gasteiger charge is 2.20. The van der Waals surface area contributed by atoms with Crippen molar-refractivity contribution in [2.24, 2.45) is 0 Å². The fourth-order valence-electron chi connectivity index (χ4n) is 1.77. The Balaban J connectivity index is 2.34. The molecular weight excluding hydrogens is 315 g/mol. The van der Waals surface area contributed by atoms with Crippen molar-refractivity contribution in [1.82, 2.24) is 10.6 Å². The van der Waals surface area contributed by atoms with Crippen molar-refractivity contribution < 1.29 is 14.3 Å². The van der Waals surface area contributed by atoms with Crippen LogP contribution in [0.2, 0.25) is 5.02 Å². The summed E-state index contributed by atoms with van der Waals surface area (Å²) in [6.07, 6.45) is 2.19. The molecule has 0 aliphatic heterocycles. The lowest BCUT2D eigenvalue weighted by Crippen LogP contribution is -2.46. The summed E-state index contributed by atoms with van der Waals surface area (Å²) in [5.41, 5.74) is -0.570. The van der Waals surface area contributed by atoms with Crippen LogP contribution < -0.4 is 10.6 Å². The lowest BCUT2D eigenvalue weighted by atomic mass is 10.1. The smallest absolute Gasteiger partial charge is 0.314 e. The van der Waals surface area contributed by atoms with Crippen LogP contribution in [0.1, 0.15) is 12.5 Å². The molecule has 0 unspecified atom stereocenters. The van der Waals surface area contributed by atoms with Gasteiger partial charge in [-0.15, -0.1) is 0 Å². The van der Waals surface area contributed by atoms with Crippen molar-refractivity contribution in [1.29, 1.82) is 0 Å². The number of hydrogen-bond donors (Lipinski definition) is 3. The molecule has 1 rings (SSSR count). The van der Waals surface area contributed by atoms with E-state index in [1.54, 1.807) is 13.0 Å². The first-order valence-corrected chi connectivity index (χ1v) is 8.29. The number of nitrogens with one attached hydrogen (secondary N) is 2. The number of benzene rings is 1. The molecule has 0 saturated carbocycles. The average Bonchev–Trinajstić information content (AvgIpc) is 2.40. The van der Waals surface area contributed by atoms with Gasteiger partial charge in [-0.2, -0.15) is 11.8 Å². The number of urea groups is 1. The van der Waals surface area contributed by atoms with Gasteiger partial charge in [0, 0.05) is 29.4 Å². The highest BCUT2D eigenvalue weighted by atomic mass is 35.5. The highest BCUT2D eigenvalue weighted by Crippen LogP contribution is 2.18. The number of aliphatic hydroxyl groups is 1. The van der Waals surface area contributed by atoms with Gasteiger partial charge in [0.2, 0.25) is 0 Å². The summed E-state index contributed by atoms with van der Waals surface area (Å²) >= 11 is 7.40. The first-order chi connectivity index (χ1) is 9.85. The van der Waals surface area contributed by atoms with Crippen molar-refractivity contribution in [2.45, 2.75) is 18.9 Å². The number of thioether (sulfide) groups is 1. The molecule has 21 heavy (non-hydrogen) atoms. The van der Waals surface area contributed by atoms with Crippen LogP contribution in [-0.2, 0) is 6.42 Å². The van der Waals surface area contributed by atoms with Crippen LogP contribution in [0.3, 0.4) is 0 Å². The molecule has 0 heterocycles. The fourth-order valence-corrected chi connectivity index (χ4v) is 2.75. The average molecular weight is 335 g/mol. The fraction of sp³-hybridized carbons (Fsp3) is 0.500. The summed E-state index contributed by atoms with van der Waals surface area (Å²) in [5.74, 6) is 0.144. The molecule has 0 aliphatic rings. The molecule has 7 heteroatoms. The zero-order chi connectivity index (χ0) is 15.9. The van der Waals surface area contributed by atoms with Crippen LogP contribution in [-0.4, -0.2) is 41.8 Å². The van der Waals surface area contributed by atoms with Crippen LogP contribution in [0.4, 0.5) is 9.18 Å². The molecule has 1 aromatic rings. The molecule has 0 spiro atoms. The summed E-state index contributed by atoms with van der Waals surface area (Å²) in [6, 6.07) is 4.08. The molecule has 0 aromatic heterocycles. The second-order valence-corrected chi connectivity index (χ2v) is 6.26. The van der Waals surface area contributed by atoms with Gasteiger partial charge in [0.1, 0.15) is 5.82 Å². The van der Waals surface area contributed by atoms with E-state index in [9.17, 15) is 14.3 Å². The number of halogens is 2. The zero-order valence-electron chi connectivity index (χ0n) is 12.1. The second-order valence-electron chi connectivity index (χ2n) is 4.99. The highest BCUT2D eigenvalue weighted by molar-refractivity contribution is 7.98. The van der Waals surface area contributed by atoms with Gasteiger partial charge in [-0.05, 0) is 31.7 Å². The quantitative estimate of drug-likeness (QED) is 0.717. The Labute approximate surface area is 133 Å². The van der Waals surface area contributed by atoms with Gasteiger partial charge in [0.25, 0.3) is 0 Å². The van der Waals surface area contributed by atoms with Crippen molar-refractivity contribution >= 4 is 29.4 Å². The van der Waals surface area contributed by atoms with E-state index in [0.29, 0.717) is 22.8 Å². The molecule has 3 N–H and O–H groups in total. The molecule has 4 nitrogen and oxygen atoms in total. The molecule has 0 aliphatic carbocycles. The first kappa shape index (κ1) is 18.1. The van der Waals surface area contributed by atoms with Crippen LogP contribution in [0, 0.1) is 5.82 Å². The minimum Gasteiger partial charge on any atom is -0.387 e. The zero-order valence-corrected chi connectivity index (χ0v) is 13.7. The van der Waals surface area contributed by atoms with Gasteiger partial charge in [-0.1, -0.05) is 17.7 Å². The standard InChI is InChI=1S/C14H20ClFN2O2S/c1-14(20,9-21-2)8-18-13(19)17-7-6-10-11(15)4-3-5-12(10)16/h3-5,20H,6-9H2,1-2H3,(H2,17,18,19)/t14-/m1/s1. The summed E-state index contributed by atoms with van der Waals surface area (Å²) in [6.45, 7) is 2.07. The topological polar surface area (TPSA) is 61.4 Å². The summed E-state index contributed by atoms with van der Waals surface area (Å²) in [5, 5.41) is 15.4. The maximum atomic E-state index is 13.5. The summed E-state index contributed by atoms with van der Waals surface area (Å²) in [4.78, 5) is 11.6. The van der Waals surface area contributed by atoms with E-state index in [1.807, 2.05) is 6.26 Å². The van der Waals surface area contributed by atoms with E-state index < -0.39 is 11.6 Å². The Hall–Kier alpha value is -0.980. The summed E-state index contributed by atoms with van der Waals surface area (Å²) < 4.78 is 13.5. The molecule has 1 atom stereocenters. The number of hydrogen-bond acceptors (Lipinski definition) is 3. The minimum absolute atomic E-state index is 0.153. The summed E-state index contributed by atoms with van der Waals surface area (Å²) in [7, 11) is 0. The van der Waals surface area contributed by atoms with Crippen LogP contribution in [0.5, 0.6) is 0 Å². The van der Waals surface area contributed by atoms with Crippen molar-refractivity contribution in [3.05, 3.63) is 34.6 Å². The Kier molecular flexibility index (Phi) is 7.28. The van der Waals surface area contributed by atoms with E-state index in [0.717, 1.165) is 0 Å². The van der Waals surface area contributed by atoms with Gasteiger partial charge in [-0.3, -0.25) is 0 Å². The molecule has 0 saturated heterocycles. The predicted molar refractivity (Wildman–Crippen MR) is 85.5 cm³/mol. The number of carbonyl (C=O) groups is 1. The Bertz CT molecular complexity index is 466. The maximum absolute atomic E-state index is 13.5.